The van der Waals surface area contributed by atoms with Crippen LogP contribution in [0.1, 0.15) is 44.9 Å². The molecule has 0 unspecified atom stereocenters. The van der Waals surface area contributed by atoms with Crippen LogP contribution in [0.15, 0.2) is 24.8 Å². The fourth-order valence-electron chi connectivity index (χ4n) is 4.09. The molecular formula is C19H27N7O. The second kappa shape index (κ2) is 8.45. The van der Waals surface area contributed by atoms with Gasteiger partial charge >= 0.3 is 0 Å². The first-order valence-electron chi connectivity index (χ1n) is 10.0. The molecule has 1 saturated heterocycles. The third-order valence-corrected chi connectivity index (χ3v) is 5.77. The van der Waals surface area contributed by atoms with Crippen molar-refractivity contribution in [2.75, 3.05) is 24.5 Å². The van der Waals surface area contributed by atoms with Gasteiger partial charge in [-0.25, -0.2) is 9.67 Å². The van der Waals surface area contributed by atoms with E-state index in [2.05, 4.69) is 30.5 Å². The van der Waals surface area contributed by atoms with Gasteiger partial charge in [0.05, 0.1) is 0 Å². The fraction of sp³-hybridized carbons (Fsp3) is 0.632. The van der Waals surface area contributed by atoms with Crippen molar-refractivity contribution in [2.24, 2.45) is 11.8 Å². The number of piperidine rings is 1. The van der Waals surface area contributed by atoms with Crippen molar-refractivity contribution in [3.05, 3.63) is 24.8 Å². The molecule has 0 radical (unpaired) electrons. The molecule has 27 heavy (non-hydrogen) atoms. The summed E-state index contributed by atoms with van der Waals surface area (Å²) in [6, 6.07) is 3.84. The van der Waals surface area contributed by atoms with Gasteiger partial charge in [-0.15, -0.1) is 10.2 Å². The molecule has 0 aromatic carbocycles. The summed E-state index contributed by atoms with van der Waals surface area (Å²) < 4.78 is 1.58. The molecule has 3 heterocycles. The summed E-state index contributed by atoms with van der Waals surface area (Å²) in [4.78, 5) is 18.6. The van der Waals surface area contributed by atoms with Crippen LogP contribution in [0.5, 0.6) is 0 Å². The lowest BCUT2D eigenvalue weighted by molar-refractivity contribution is -0.125. The number of hydrogen-bond acceptors (Lipinski definition) is 6. The lowest BCUT2D eigenvalue weighted by atomic mass is 9.89. The molecule has 0 atom stereocenters. The van der Waals surface area contributed by atoms with Crippen LogP contribution in [-0.4, -0.2) is 50.5 Å². The fourth-order valence-corrected chi connectivity index (χ4v) is 4.09. The summed E-state index contributed by atoms with van der Waals surface area (Å²) in [6.07, 6.45) is 11.3. The van der Waals surface area contributed by atoms with Crippen LogP contribution < -0.4 is 10.2 Å². The zero-order valence-electron chi connectivity index (χ0n) is 15.6. The molecular weight excluding hydrogens is 342 g/mol. The largest absolute Gasteiger partial charge is 0.356 e. The second-order valence-corrected chi connectivity index (χ2v) is 7.60. The van der Waals surface area contributed by atoms with E-state index in [0.29, 0.717) is 11.7 Å². The number of amides is 1. The number of nitrogens with one attached hydrogen (secondary N) is 1. The van der Waals surface area contributed by atoms with E-state index in [9.17, 15) is 4.79 Å². The highest BCUT2D eigenvalue weighted by molar-refractivity contribution is 5.79. The number of carbonyl (C=O) groups excluding carboxylic acids is 1. The Labute approximate surface area is 159 Å². The van der Waals surface area contributed by atoms with E-state index < -0.39 is 0 Å². The van der Waals surface area contributed by atoms with Crippen molar-refractivity contribution in [2.45, 2.75) is 44.9 Å². The quantitative estimate of drug-likeness (QED) is 0.867. The van der Waals surface area contributed by atoms with E-state index in [4.69, 9.17) is 0 Å². The smallest absolute Gasteiger partial charge is 0.223 e. The molecule has 0 bridgehead atoms. The average Bonchev–Trinajstić information content (AvgIpc) is 3.28. The number of hydrogen-bond donors (Lipinski definition) is 1. The minimum absolute atomic E-state index is 0.118. The van der Waals surface area contributed by atoms with E-state index in [1.165, 1.54) is 38.4 Å². The van der Waals surface area contributed by atoms with E-state index in [1.807, 2.05) is 12.1 Å². The van der Waals surface area contributed by atoms with Crippen LogP contribution >= 0.6 is 0 Å². The van der Waals surface area contributed by atoms with Gasteiger partial charge in [0.15, 0.2) is 11.6 Å². The summed E-state index contributed by atoms with van der Waals surface area (Å²) in [5.74, 6) is 2.52. The number of aromatic nitrogens is 5. The van der Waals surface area contributed by atoms with Gasteiger partial charge in [-0.1, -0.05) is 19.3 Å². The third-order valence-electron chi connectivity index (χ3n) is 5.77. The summed E-state index contributed by atoms with van der Waals surface area (Å²) in [5.41, 5.74) is 0. The molecule has 2 aliphatic rings. The molecule has 2 aromatic rings. The molecule has 1 aliphatic heterocycles. The van der Waals surface area contributed by atoms with Gasteiger partial charge in [-0.05, 0) is 43.7 Å². The molecule has 144 valence electrons. The first-order chi connectivity index (χ1) is 13.3. The van der Waals surface area contributed by atoms with Crippen molar-refractivity contribution in [3.8, 4) is 5.82 Å². The lowest BCUT2D eigenvalue weighted by Crippen LogP contribution is -2.42. The summed E-state index contributed by atoms with van der Waals surface area (Å²) in [7, 11) is 0. The van der Waals surface area contributed by atoms with Crippen LogP contribution in [0.2, 0.25) is 0 Å². The predicted octanol–water partition coefficient (Wildman–Crippen LogP) is 1.97. The third kappa shape index (κ3) is 4.43. The molecule has 4 rings (SSSR count). The molecule has 1 aliphatic carbocycles. The average molecular weight is 369 g/mol. The maximum atomic E-state index is 12.5. The number of rotatable bonds is 5. The highest BCUT2D eigenvalue weighted by Crippen LogP contribution is 2.24. The Hall–Kier alpha value is -2.51. The maximum absolute atomic E-state index is 12.5. The van der Waals surface area contributed by atoms with E-state index in [1.54, 1.807) is 11.0 Å². The van der Waals surface area contributed by atoms with E-state index >= 15 is 0 Å². The second-order valence-electron chi connectivity index (χ2n) is 7.60. The summed E-state index contributed by atoms with van der Waals surface area (Å²) >= 11 is 0. The molecule has 2 aromatic heterocycles. The minimum Gasteiger partial charge on any atom is -0.356 e. The number of anilines is 1. The van der Waals surface area contributed by atoms with Crippen molar-refractivity contribution in [1.29, 1.82) is 0 Å². The van der Waals surface area contributed by atoms with Gasteiger partial charge in [0.2, 0.25) is 5.91 Å². The molecule has 1 saturated carbocycles. The van der Waals surface area contributed by atoms with E-state index in [0.717, 1.165) is 38.3 Å². The Balaban J connectivity index is 1.25. The zero-order valence-corrected chi connectivity index (χ0v) is 15.6. The highest BCUT2D eigenvalue weighted by atomic mass is 16.1. The van der Waals surface area contributed by atoms with Gasteiger partial charge in [-0.3, -0.25) is 4.79 Å². The normalized spacial score (nSPS) is 19.2. The molecule has 0 spiro atoms. The molecule has 8 heteroatoms. The van der Waals surface area contributed by atoms with Crippen LogP contribution in [-0.2, 0) is 4.79 Å². The van der Waals surface area contributed by atoms with Crippen LogP contribution in [0.4, 0.5) is 5.82 Å². The van der Waals surface area contributed by atoms with Gasteiger partial charge < -0.3 is 10.2 Å². The van der Waals surface area contributed by atoms with Crippen molar-refractivity contribution >= 4 is 11.7 Å². The molecule has 8 nitrogen and oxygen atoms in total. The van der Waals surface area contributed by atoms with Gasteiger partial charge in [0.1, 0.15) is 12.7 Å². The van der Waals surface area contributed by atoms with Crippen LogP contribution in [0, 0.1) is 11.8 Å². The van der Waals surface area contributed by atoms with Crippen LogP contribution in [0.3, 0.4) is 0 Å². The number of carbonyl (C=O) groups is 1. The van der Waals surface area contributed by atoms with Crippen LogP contribution in [0.25, 0.3) is 5.82 Å². The monoisotopic (exact) mass is 369 g/mol. The first-order valence-corrected chi connectivity index (χ1v) is 10.0. The number of nitrogens with zero attached hydrogens (tertiary/aromatic N) is 6. The Morgan fingerprint density at radius 1 is 1.04 bits per heavy atom. The Morgan fingerprint density at radius 3 is 2.44 bits per heavy atom. The lowest BCUT2D eigenvalue weighted by Gasteiger charge is -2.32. The zero-order chi connectivity index (χ0) is 18.5. The van der Waals surface area contributed by atoms with E-state index in [-0.39, 0.29) is 11.8 Å². The summed E-state index contributed by atoms with van der Waals surface area (Å²) in [5, 5.41) is 15.8. The molecule has 2 fully saturated rings. The predicted molar refractivity (Wildman–Crippen MR) is 101 cm³/mol. The van der Waals surface area contributed by atoms with Gasteiger partial charge in [0.25, 0.3) is 0 Å². The molecule has 1 amide bonds. The Bertz CT molecular complexity index is 717. The van der Waals surface area contributed by atoms with Gasteiger partial charge in [-0.2, -0.15) is 5.10 Å². The van der Waals surface area contributed by atoms with Crippen molar-refractivity contribution < 1.29 is 4.79 Å². The SMILES string of the molecule is O=C(NCC1CCCCC1)C1CCN(c2ccc(-n3cncn3)nn2)CC1. The topological polar surface area (TPSA) is 88.8 Å². The van der Waals surface area contributed by atoms with Crippen molar-refractivity contribution in [1.82, 2.24) is 30.3 Å². The highest BCUT2D eigenvalue weighted by Gasteiger charge is 2.26. The Kier molecular flexibility index (Phi) is 5.60. The molecule has 1 N–H and O–H groups in total. The van der Waals surface area contributed by atoms with Gasteiger partial charge in [0, 0.05) is 25.6 Å². The maximum Gasteiger partial charge on any atom is 0.223 e. The summed E-state index contributed by atoms with van der Waals surface area (Å²) in [6.45, 7) is 2.52. The minimum atomic E-state index is 0.118. The van der Waals surface area contributed by atoms with Crippen molar-refractivity contribution in [3.63, 3.8) is 0 Å². The standard InChI is InChI=1S/C19H27N7O/c27-19(21-12-15-4-2-1-3-5-15)16-8-10-25(11-9-16)17-6-7-18(24-23-17)26-14-20-13-22-26/h6-7,13-16H,1-5,8-12H2,(H,21,27). The first kappa shape index (κ1) is 17.9. The Morgan fingerprint density at radius 2 is 1.78 bits per heavy atom.